The van der Waals surface area contributed by atoms with Crippen molar-refractivity contribution in [2.75, 3.05) is 0 Å². The number of hydrogen-bond acceptors (Lipinski definition) is 4. The van der Waals surface area contributed by atoms with Gasteiger partial charge in [-0.25, -0.2) is 0 Å². The van der Waals surface area contributed by atoms with Crippen LogP contribution in [0.25, 0.3) is 5.57 Å². The Hall–Kier alpha value is -2.01. The maximum Gasteiger partial charge on any atom is 0.254 e. The highest BCUT2D eigenvalue weighted by molar-refractivity contribution is 6.23. The Morgan fingerprint density at radius 1 is 1.20 bits per heavy atom. The van der Waals surface area contributed by atoms with E-state index >= 15 is 0 Å². The van der Waals surface area contributed by atoms with E-state index in [4.69, 9.17) is 0 Å². The molecule has 0 bridgehead atoms. The molecule has 5 heteroatoms. The third-order valence-electron chi connectivity index (χ3n) is 4.23. The number of amides is 1. The minimum absolute atomic E-state index is 0.248. The predicted octanol–water partition coefficient (Wildman–Crippen LogP) is 1.97. The average molecular weight is 272 g/mol. The van der Waals surface area contributed by atoms with E-state index in [9.17, 15) is 14.8 Å². The van der Waals surface area contributed by atoms with Crippen LogP contribution in [0.5, 0.6) is 0 Å². The molecule has 1 aliphatic heterocycles. The maximum absolute atomic E-state index is 12.3. The van der Waals surface area contributed by atoms with Crippen molar-refractivity contribution in [2.45, 2.75) is 37.3 Å². The molecule has 1 aromatic rings. The van der Waals surface area contributed by atoms with Crippen molar-refractivity contribution in [1.29, 1.82) is 0 Å². The number of nitrogens with one attached hydrogen (secondary N) is 1. The normalized spacial score (nSPS) is 29.6. The molecule has 20 heavy (non-hydrogen) atoms. The number of aliphatic hydroxyl groups is 1. The third kappa shape index (κ3) is 1.94. The van der Waals surface area contributed by atoms with Crippen molar-refractivity contribution in [1.82, 2.24) is 5.32 Å². The first-order valence-electron chi connectivity index (χ1n) is 6.80. The second-order valence-corrected chi connectivity index (χ2v) is 5.45. The van der Waals surface area contributed by atoms with Gasteiger partial charge in [-0.15, -0.1) is 4.91 Å². The van der Waals surface area contributed by atoms with Gasteiger partial charge in [0.05, 0.1) is 17.2 Å². The van der Waals surface area contributed by atoms with Gasteiger partial charge >= 0.3 is 0 Å². The summed E-state index contributed by atoms with van der Waals surface area (Å²) in [5.74, 6) is -0.248. The SMILES string of the molecule is O=NC1=C(c2ccccc2)C(=O)N[C@]12CC[C@@H](O)CC2. The predicted molar refractivity (Wildman–Crippen MR) is 74.5 cm³/mol. The number of rotatable bonds is 2. The Kier molecular flexibility index (Phi) is 3.14. The van der Waals surface area contributed by atoms with Crippen LogP contribution in [0.4, 0.5) is 0 Å². The standard InChI is InChI=1S/C15H16N2O3/c18-11-6-8-15(9-7-11)13(17-20)12(14(19)16-15)10-4-2-1-3-5-10/h1-5,11,18H,6-9H2,(H,16,19)/t11-,15+. The van der Waals surface area contributed by atoms with Crippen molar-refractivity contribution in [3.8, 4) is 0 Å². The van der Waals surface area contributed by atoms with Crippen molar-refractivity contribution in [3.05, 3.63) is 46.5 Å². The van der Waals surface area contributed by atoms with Crippen LogP contribution in [0, 0.1) is 4.91 Å². The summed E-state index contributed by atoms with van der Waals surface area (Å²) in [5.41, 5.74) is 0.684. The van der Waals surface area contributed by atoms with Gasteiger partial charge in [-0.1, -0.05) is 30.3 Å². The van der Waals surface area contributed by atoms with E-state index in [0.29, 0.717) is 42.5 Å². The Balaban J connectivity index is 2.06. The first-order chi connectivity index (χ1) is 9.66. The molecule has 1 heterocycles. The Labute approximate surface area is 116 Å². The Bertz CT molecular complexity index is 572. The summed E-state index contributed by atoms with van der Waals surface area (Å²) in [5, 5.41) is 15.7. The molecule has 5 nitrogen and oxygen atoms in total. The Morgan fingerprint density at radius 3 is 2.45 bits per heavy atom. The maximum atomic E-state index is 12.3. The topological polar surface area (TPSA) is 78.8 Å². The van der Waals surface area contributed by atoms with Gasteiger partial charge in [0.1, 0.15) is 5.70 Å². The van der Waals surface area contributed by atoms with Crippen LogP contribution in [0.15, 0.2) is 41.2 Å². The molecule has 1 fully saturated rings. The molecule has 0 unspecified atom stereocenters. The molecule has 1 aliphatic carbocycles. The molecule has 0 aromatic heterocycles. The number of hydrogen-bond donors (Lipinski definition) is 2. The van der Waals surface area contributed by atoms with Gasteiger partial charge in [-0.2, -0.15) is 0 Å². The van der Waals surface area contributed by atoms with Crippen LogP contribution >= 0.6 is 0 Å². The number of carbonyl (C=O) groups is 1. The lowest BCUT2D eigenvalue weighted by molar-refractivity contribution is -0.116. The summed E-state index contributed by atoms with van der Waals surface area (Å²) in [6, 6.07) is 9.12. The average Bonchev–Trinajstić information content (AvgIpc) is 2.75. The third-order valence-corrected chi connectivity index (χ3v) is 4.23. The van der Waals surface area contributed by atoms with E-state index in [0.717, 1.165) is 0 Å². The molecule has 1 amide bonds. The zero-order valence-electron chi connectivity index (χ0n) is 11.0. The quantitative estimate of drug-likeness (QED) is 0.808. The van der Waals surface area contributed by atoms with Crippen LogP contribution < -0.4 is 5.32 Å². The van der Waals surface area contributed by atoms with Crippen LogP contribution in [-0.4, -0.2) is 22.7 Å². The lowest BCUT2D eigenvalue weighted by atomic mass is 9.78. The summed E-state index contributed by atoms with van der Waals surface area (Å²) < 4.78 is 0. The van der Waals surface area contributed by atoms with Gasteiger partial charge in [0, 0.05) is 0 Å². The van der Waals surface area contributed by atoms with Crippen LogP contribution in [0.3, 0.4) is 0 Å². The number of carbonyl (C=O) groups excluding carboxylic acids is 1. The number of aliphatic hydroxyl groups excluding tert-OH is 1. The second-order valence-electron chi connectivity index (χ2n) is 5.45. The largest absolute Gasteiger partial charge is 0.393 e. The van der Waals surface area contributed by atoms with E-state index in [2.05, 4.69) is 10.5 Å². The Morgan fingerprint density at radius 2 is 1.85 bits per heavy atom. The molecule has 2 aliphatic rings. The minimum Gasteiger partial charge on any atom is -0.393 e. The number of nitrogens with zero attached hydrogens (tertiary/aromatic N) is 1. The van der Waals surface area contributed by atoms with Crippen LogP contribution in [0.1, 0.15) is 31.2 Å². The number of benzene rings is 1. The fourth-order valence-electron chi connectivity index (χ4n) is 3.15. The smallest absolute Gasteiger partial charge is 0.254 e. The monoisotopic (exact) mass is 272 g/mol. The fraction of sp³-hybridized carbons (Fsp3) is 0.400. The van der Waals surface area contributed by atoms with Crippen molar-refractivity contribution in [3.63, 3.8) is 0 Å². The molecule has 1 spiro atoms. The summed E-state index contributed by atoms with van der Waals surface area (Å²) >= 11 is 0. The number of nitroso groups, excluding NO2 is 1. The first kappa shape index (κ1) is 13.0. The highest BCUT2D eigenvalue weighted by Gasteiger charge is 2.48. The molecule has 1 aromatic carbocycles. The second kappa shape index (κ2) is 4.83. The molecule has 104 valence electrons. The molecular weight excluding hydrogens is 256 g/mol. The van der Waals surface area contributed by atoms with E-state index in [1.807, 2.05) is 18.2 Å². The summed E-state index contributed by atoms with van der Waals surface area (Å²) in [6.07, 6.45) is 1.89. The molecule has 0 radical (unpaired) electrons. The molecule has 2 N–H and O–H groups in total. The lowest BCUT2D eigenvalue weighted by Gasteiger charge is -2.35. The van der Waals surface area contributed by atoms with Gasteiger partial charge in [0.15, 0.2) is 0 Å². The van der Waals surface area contributed by atoms with Crippen LogP contribution in [-0.2, 0) is 4.79 Å². The van der Waals surface area contributed by atoms with Crippen molar-refractivity contribution >= 4 is 11.5 Å². The summed E-state index contributed by atoms with van der Waals surface area (Å²) in [7, 11) is 0. The molecular formula is C15H16N2O3. The summed E-state index contributed by atoms with van der Waals surface area (Å²) in [4.78, 5) is 23.6. The van der Waals surface area contributed by atoms with E-state index in [-0.39, 0.29) is 12.0 Å². The van der Waals surface area contributed by atoms with Gasteiger partial charge in [0.25, 0.3) is 5.91 Å². The van der Waals surface area contributed by atoms with Gasteiger partial charge in [-0.05, 0) is 36.4 Å². The zero-order chi connectivity index (χ0) is 14.2. The van der Waals surface area contributed by atoms with E-state index in [1.54, 1.807) is 12.1 Å². The first-order valence-corrected chi connectivity index (χ1v) is 6.80. The van der Waals surface area contributed by atoms with Crippen molar-refractivity contribution in [2.24, 2.45) is 5.18 Å². The molecule has 0 atom stereocenters. The highest BCUT2D eigenvalue weighted by Crippen LogP contribution is 2.42. The van der Waals surface area contributed by atoms with E-state index in [1.165, 1.54) is 0 Å². The molecule has 0 saturated heterocycles. The van der Waals surface area contributed by atoms with Crippen LogP contribution in [0.2, 0.25) is 0 Å². The molecule has 1 saturated carbocycles. The highest BCUT2D eigenvalue weighted by atomic mass is 16.3. The minimum atomic E-state index is -0.691. The molecule has 3 rings (SSSR count). The van der Waals surface area contributed by atoms with E-state index < -0.39 is 5.54 Å². The van der Waals surface area contributed by atoms with Gasteiger partial charge in [0.2, 0.25) is 0 Å². The van der Waals surface area contributed by atoms with Crippen molar-refractivity contribution < 1.29 is 9.90 Å². The lowest BCUT2D eigenvalue weighted by Crippen LogP contribution is -2.47. The summed E-state index contributed by atoms with van der Waals surface area (Å²) in [6.45, 7) is 0. The zero-order valence-corrected chi connectivity index (χ0v) is 11.0. The van der Waals surface area contributed by atoms with Gasteiger partial charge in [-0.3, -0.25) is 4.79 Å². The fourth-order valence-corrected chi connectivity index (χ4v) is 3.15. The van der Waals surface area contributed by atoms with Gasteiger partial charge < -0.3 is 10.4 Å².